The molecule has 0 bridgehead atoms. The minimum Gasteiger partial charge on any atom is -0.395 e. The molecule has 0 aliphatic carbocycles. The van der Waals surface area contributed by atoms with E-state index < -0.39 is 24.4 Å². The lowest BCUT2D eigenvalue weighted by atomic mass is 9.83. The third-order valence-electron chi connectivity index (χ3n) is 1.86. The first-order chi connectivity index (χ1) is 6.74. The van der Waals surface area contributed by atoms with E-state index in [9.17, 15) is 0 Å². The van der Waals surface area contributed by atoms with Crippen molar-refractivity contribution < 1.29 is 5.11 Å². The number of hydrogen-bond acceptors (Lipinski definition) is 5. The molecule has 3 unspecified atom stereocenters. The van der Waals surface area contributed by atoms with Gasteiger partial charge in [0.2, 0.25) is 0 Å². The van der Waals surface area contributed by atoms with Crippen LogP contribution in [0.25, 0.3) is 0 Å². The van der Waals surface area contributed by atoms with E-state index in [1.807, 2.05) is 0 Å². The molecule has 0 aromatic rings. The van der Waals surface area contributed by atoms with E-state index in [0.29, 0.717) is 0 Å². The smallest absolute Gasteiger partial charge is 0.0865 e. The van der Waals surface area contributed by atoms with Gasteiger partial charge in [-0.25, -0.2) is 0 Å². The summed E-state index contributed by atoms with van der Waals surface area (Å²) in [5.74, 6) is -2.63. The van der Waals surface area contributed by atoms with Gasteiger partial charge in [-0.2, -0.15) is 21.0 Å². The Hall–Kier alpha value is -2.08. The van der Waals surface area contributed by atoms with E-state index in [2.05, 4.69) is 0 Å². The summed E-state index contributed by atoms with van der Waals surface area (Å²) in [6, 6.07) is 7.09. The van der Waals surface area contributed by atoms with Crippen molar-refractivity contribution >= 4 is 0 Å². The molecule has 0 amide bonds. The second kappa shape index (κ2) is 6.44. The van der Waals surface area contributed by atoms with Crippen LogP contribution >= 0.6 is 0 Å². The van der Waals surface area contributed by atoms with Crippen LogP contribution in [-0.4, -0.2) is 11.7 Å². The quantitative estimate of drug-likeness (QED) is 0.681. The lowest BCUT2D eigenvalue weighted by molar-refractivity contribution is 0.215. The maximum Gasteiger partial charge on any atom is 0.0865 e. The Labute approximate surface area is 82.0 Å². The summed E-state index contributed by atoms with van der Waals surface area (Å²) in [5, 5.41) is 43.1. The first kappa shape index (κ1) is 11.9. The zero-order valence-electron chi connectivity index (χ0n) is 7.38. The van der Waals surface area contributed by atoms with Gasteiger partial charge in [0, 0.05) is 0 Å². The number of nitriles is 4. The molecule has 14 heavy (non-hydrogen) atoms. The maximum atomic E-state index is 8.77. The predicted molar refractivity (Wildman–Crippen MR) is 44.6 cm³/mol. The van der Waals surface area contributed by atoms with Crippen LogP contribution in [0.15, 0.2) is 0 Å². The van der Waals surface area contributed by atoms with E-state index in [1.54, 1.807) is 24.3 Å². The minimum absolute atomic E-state index is 0.104. The maximum absolute atomic E-state index is 8.77. The lowest BCUT2D eigenvalue weighted by Crippen LogP contribution is -2.23. The van der Waals surface area contributed by atoms with Crippen LogP contribution in [0, 0.1) is 63.1 Å². The highest BCUT2D eigenvalue weighted by Gasteiger charge is 2.29. The molecular formula is C9H8N4O. The second-order valence-electron chi connectivity index (χ2n) is 2.67. The Bertz CT molecular complexity index is 338. The molecule has 0 aliphatic heterocycles. The Morgan fingerprint density at radius 1 is 0.929 bits per heavy atom. The third-order valence-corrected chi connectivity index (χ3v) is 1.86. The second-order valence-corrected chi connectivity index (χ2v) is 2.67. The van der Waals surface area contributed by atoms with Gasteiger partial charge in [0.15, 0.2) is 0 Å². The van der Waals surface area contributed by atoms with Gasteiger partial charge >= 0.3 is 0 Å². The first-order valence-electron chi connectivity index (χ1n) is 3.91. The average Bonchev–Trinajstić information content (AvgIpc) is 2.23. The van der Waals surface area contributed by atoms with E-state index in [4.69, 9.17) is 26.2 Å². The van der Waals surface area contributed by atoms with Crippen LogP contribution in [-0.2, 0) is 0 Å². The normalized spacial score (nSPS) is 14.9. The highest BCUT2D eigenvalue weighted by molar-refractivity contribution is 5.08. The van der Waals surface area contributed by atoms with Crippen LogP contribution in [0.5, 0.6) is 0 Å². The zero-order valence-corrected chi connectivity index (χ0v) is 7.38. The molecule has 0 heterocycles. The molecule has 1 N–H and O–H groups in total. The Kier molecular flexibility index (Phi) is 5.48. The van der Waals surface area contributed by atoms with E-state index in [-0.39, 0.29) is 6.42 Å². The van der Waals surface area contributed by atoms with Crippen molar-refractivity contribution in [1.82, 2.24) is 0 Å². The number of aliphatic hydroxyl groups excluding tert-OH is 1. The van der Waals surface area contributed by atoms with Crippen LogP contribution in [0.2, 0.25) is 0 Å². The summed E-state index contributed by atoms with van der Waals surface area (Å²) in [6.45, 7) is -0.474. The van der Waals surface area contributed by atoms with Gasteiger partial charge in [0.05, 0.1) is 55.1 Å². The third kappa shape index (κ3) is 2.76. The average molecular weight is 188 g/mol. The minimum atomic E-state index is -0.908. The molecule has 0 aromatic heterocycles. The van der Waals surface area contributed by atoms with Gasteiger partial charge in [0.1, 0.15) is 0 Å². The largest absolute Gasteiger partial charge is 0.395 e. The molecule has 0 radical (unpaired) electrons. The van der Waals surface area contributed by atoms with E-state index >= 15 is 0 Å². The SMILES string of the molecule is N#CCC(C#N)C(C#N)C(C#N)CO. The molecule has 0 saturated carbocycles. The Morgan fingerprint density at radius 2 is 1.50 bits per heavy atom. The summed E-state index contributed by atoms with van der Waals surface area (Å²) in [6.07, 6.45) is -0.104. The number of hydrogen-bond donors (Lipinski definition) is 1. The van der Waals surface area contributed by atoms with Crippen LogP contribution in [0.1, 0.15) is 6.42 Å². The van der Waals surface area contributed by atoms with Crippen molar-refractivity contribution in [3.8, 4) is 24.3 Å². The number of nitrogens with zero attached hydrogens (tertiary/aromatic N) is 4. The lowest BCUT2D eigenvalue weighted by Gasteiger charge is -2.15. The highest BCUT2D eigenvalue weighted by Crippen LogP contribution is 2.22. The molecule has 0 rings (SSSR count). The summed E-state index contributed by atoms with van der Waals surface area (Å²) in [4.78, 5) is 0. The summed E-state index contributed by atoms with van der Waals surface area (Å²) in [5.41, 5.74) is 0. The summed E-state index contributed by atoms with van der Waals surface area (Å²) < 4.78 is 0. The van der Waals surface area contributed by atoms with Gasteiger partial charge in [-0.1, -0.05) is 0 Å². The highest BCUT2D eigenvalue weighted by atomic mass is 16.3. The van der Waals surface area contributed by atoms with Gasteiger partial charge < -0.3 is 5.11 Å². The number of rotatable bonds is 4. The van der Waals surface area contributed by atoms with Crippen molar-refractivity contribution in [2.24, 2.45) is 17.8 Å². The van der Waals surface area contributed by atoms with Crippen LogP contribution in [0.3, 0.4) is 0 Å². The first-order valence-corrected chi connectivity index (χ1v) is 3.91. The standard InChI is InChI=1S/C9H8N4O/c10-2-1-7(3-11)9(5-13)8(4-12)6-14/h7-9,14H,1,6H2. The Morgan fingerprint density at radius 3 is 1.79 bits per heavy atom. The molecule has 0 aromatic carbocycles. The van der Waals surface area contributed by atoms with Crippen molar-refractivity contribution in [3.63, 3.8) is 0 Å². The van der Waals surface area contributed by atoms with Crippen LogP contribution in [0.4, 0.5) is 0 Å². The molecule has 3 atom stereocenters. The molecule has 0 spiro atoms. The topological polar surface area (TPSA) is 115 Å². The monoisotopic (exact) mass is 188 g/mol. The molecule has 0 aliphatic rings. The fourth-order valence-electron chi connectivity index (χ4n) is 1.05. The van der Waals surface area contributed by atoms with Crippen molar-refractivity contribution in [2.75, 3.05) is 6.61 Å². The fraction of sp³-hybridized carbons (Fsp3) is 0.556. The van der Waals surface area contributed by atoms with Crippen molar-refractivity contribution in [2.45, 2.75) is 6.42 Å². The summed E-state index contributed by atoms with van der Waals surface area (Å²) in [7, 11) is 0. The molecular weight excluding hydrogens is 180 g/mol. The fourth-order valence-corrected chi connectivity index (χ4v) is 1.05. The van der Waals surface area contributed by atoms with Crippen molar-refractivity contribution in [1.29, 1.82) is 21.0 Å². The van der Waals surface area contributed by atoms with E-state index in [0.717, 1.165) is 0 Å². The molecule has 70 valence electrons. The van der Waals surface area contributed by atoms with Gasteiger partial charge in [-0.15, -0.1) is 0 Å². The van der Waals surface area contributed by atoms with Gasteiger partial charge in [0.25, 0.3) is 0 Å². The number of aliphatic hydroxyl groups is 1. The van der Waals surface area contributed by atoms with Gasteiger partial charge in [-0.3, -0.25) is 0 Å². The molecule has 0 saturated heterocycles. The van der Waals surface area contributed by atoms with E-state index in [1.165, 1.54) is 0 Å². The predicted octanol–water partition coefficient (Wildman–Crippen LogP) is 0.312. The van der Waals surface area contributed by atoms with Crippen molar-refractivity contribution in [3.05, 3.63) is 0 Å². The van der Waals surface area contributed by atoms with Crippen LogP contribution < -0.4 is 0 Å². The Balaban J connectivity index is 4.74. The molecule has 5 nitrogen and oxygen atoms in total. The molecule has 5 heteroatoms. The zero-order chi connectivity index (χ0) is 11.0. The summed E-state index contributed by atoms with van der Waals surface area (Å²) >= 11 is 0. The van der Waals surface area contributed by atoms with Gasteiger partial charge in [-0.05, 0) is 0 Å². The molecule has 0 fully saturated rings.